The highest BCUT2D eigenvalue weighted by atomic mass is 16.3. The van der Waals surface area contributed by atoms with Crippen LogP contribution in [0.3, 0.4) is 0 Å². The van der Waals surface area contributed by atoms with E-state index in [0.29, 0.717) is 28.3 Å². The van der Waals surface area contributed by atoms with Gasteiger partial charge >= 0.3 is 0 Å². The fourth-order valence-corrected chi connectivity index (χ4v) is 2.55. The average Bonchev–Trinajstić information content (AvgIpc) is 3.13. The number of hydrogen-bond acceptors (Lipinski definition) is 4. The van der Waals surface area contributed by atoms with Crippen LogP contribution in [-0.4, -0.2) is 24.3 Å². The zero-order chi connectivity index (χ0) is 19.9. The topological polar surface area (TPSA) is 100 Å². The van der Waals surface area contributed by atoms with Crippen molar-refractivity contribution in [2.24, 2.45) is 0 Å². The Morgan fingerprint density at radius 3 is 2.25 bits per heavy atom. The van der Waals surface area contributed by atoms with Crippen molar-refractivity contribution in [2.45, 2.75) is 6.92 Å². The Hall–Kier alpha value is -3.87. The summed E-state index contributed by atoms with van der Waals surface area (Å²) in [5.41, 5.74) is 1.97. The van der Waals surface area contributed by atoms with Crippen molar-refractivity contribution in [1.82, 2.24) is 5.32 Å². The molecule has 0 aliphatic carbocycles. The molecule has 3 N–H and O–H groups in total. The third-order valence-electron chi connectivity index (χ3n) is 3.95. The summed E-state index contributed by atoms with van der Waals surface area (Å²) in [6.45, 7) is 1.48. The predicted octanol–water partition coefficient (Wildman–Crippen LogP) is 3.21. The molecule has 3 aromatic rings. The number of benzene rings is 2. The third-order valence-corrected chi connectivity index (χ3v) is 3.95. The zero-order valence-corrected chi connectivity index (χ0v) is 15.2. The number of hydrogen-bond donors (Lipinski definition) is 3. The smallest absolute Gasteiger partial charge is 0.255 e. The molecule has 142 valence electrons. The minimum Gasteiger partial charge on any atom is -0.469 e. The van der Waals surface area contributed by atoms with Crippen molar-refractivity contribution in [3.8, 4) is 0 Å². The summed E-state index contributed by atoms with van der Waals surface area (Å²) < 4.78 is 5.07. The first-order valence-corrected chi connectivity index (χ1v) is 8.61. The molecule has 0 radical (unpaired) electrons. The lowest BCUT2D eigenvalue weighted by Crippen LogP contribution is -2.32. The molecule has 0 saturated heterocycles. The van der Waals surface area contributed by atoms with Gasteiger partial charge in [-0.1, -0.05) is 24.3 Å². The molecule has 7 heteroatoms. The maximum absolute atomic E-state index is 12.2. The van der Waals surface area contributed by atoms with Crippen molar-refractivity contribution in [2.75, 3.05) is 17.2 Å². The van der Waals surface area contributed by atoms with E-state index in [1.54, 1.807) is 61.5 Å². The molecule has 3 amide bonds. The van der Waals surface area contributed by atoms with Gasteiger partial charge in [0.1, 0.15) is 5.76 Å². The maximum Gasteiger partial charge on any atom is 0.255 e. The summed E-state index contributed by atoms with van der Waals surface area (Å²) in [7, 11) is 0. The average molecular weight is 377 g/mol. The number of amides is 3. The van der Waals surface area contributed by atoms with E-state index in [4.69, 9.17) is 4.42 Å². The molecule has 0 aliphatic heterocycles. The number of carbonyl (C=O) groups is 3. The van der Waals surface area contributed by atoms with Crippen LogP contribution >= 0.6 is 0 Å². The third kappa shape index (κ3) is 4.85. The van der Waals surface area contributed by atoms with E-state index in [1.165, 1.54) is 6.26 Å². The van der Waals surface area contributed by atoms with Crippen LogP contribution in [0.25, 0.3) is 0 Å². The Morgan fingerprint density at radius 1 is 0.857 bits per heavy atom. The Kier molecular flexibility index (Phi) is 5.86. The van der Waals surface area contributed by atoms with Gasteiger partial charge in [-0.15, -0.1) is 0 Å². The molecular weight excluding hydrogens is 358 g/mol. The van der Waals surface area contributed by atoms with Crippen LogP contribution in [0.1, 0.15) is 26.5 Å². The van der Waals surface area contributed by atoms with E-state index in [1.807, 2.05) is 6.07 Å². The Labute approximate surface area is 161 Å². The molecule has 0 atom stereocenters. The van der Waals surface area contributed by atoms with Gasteiger partial charge < -0.3 is 20.4 Å². The van der Waals surface area contributed by atoms with Crippen LogP contribution in [0.15, 0.2) is 71.3 Å². The predicted molar refractivity (Wildman–Crippen MR) is 105 cm³/mol. The van der Waals surface area contributed by atoms with Gasteiger partial charge in [-0.2, -0.15) is 0 Å². The first-order chi connectivity index (χ1) is 13.5. The lowest BCUT2D eigenvalue weighted by atomic mass is 10.2. The van der Waals surface area contributed by atoms with Gasteiger partial charge in [0.05, 0.1) is 18.4 Å². The second-order valence-corrected chi connectivity index (χ2v) is 6.02. The molecule has 7 nitrogen and oxygen atoms in total. The van der Waals surface area contributed by atoms with Crippen molar-refractivity contribution >= 4 is 29.1 Å². The standard InChI is InChI=1S/C21H19N3O4/c1-14-18(10-11-28-14)21(27)22-13-19(25)23-16-8-5-9-17(12-16)24-20(26)15-6-3-2-4-7-15/h2-12H,13H2,1H3,(H,22,27)(H,23,25)(H,24,26). The number of aryl methyl sites for hydroxylation is 1. The summed E-state index contributed by atoms with van der Waals surface area (Å²) in [5.74, 6) is -0.530. The SMILES string of the molecule is Cc1occc1C(=O)NCC(=O)Nc1cccc(NC(=O)c2ccccc2)c1. The van der Waals surface area contributed by atoms with E-state index >= 15 is 0 Å². The van der Waals surface area contributed by atoms with E-state index in [0.717, 1.165) is 0 Å². The van der Waals surface area contributed by atoms with E-state index in [-0.39, 0.29) is 24.3 Å². The summed E-state index contributed by atoms with van der Waals surface area (Å²) in [4.78, 5) is 36.3. The molecule has 0 spiro atoms. The molecule has 0 unspecified atom stereocenters. The highest BCUT2D eigenvalue weighted by molar-refractivity contribution is 6.05. The van der Waals surface area contributed by atoms with Crippen LogP contribution in [0.5, 0.6) is 0 Å². The van der Waals surface area contributed by atoms with Gasteiger partial charge in [-0.05, 0) is 43.3 Å². The molecule has 0 aliphatic rings. The molecule has 0 saturated carbocycles. The Balaban J connectivity index is 1.55. The molecule has 3 rings (SSSR count). The highest BCUT2D eigenvalue weighted by Gasteiger charge is 2.13. The number of furan rings is 1. The van der Waals surface area contributed by atoms with E-state index in [9.17, 15) is 14.4 Å². The normalized spacial score (nSPS) is 10.2. The fraction of sp³-hybridized carbons (Fsp3) is 0.0952. The van der Waals surface area contributed by atoms with Gasteiger partial charge in [0.25, 0.3) is 11.8 Å². The summed E-state index contributed by atoms with van der Waals surface area (Å²) in [6, 6.07) is 17.1. The zero-order valence-electron chi connectivity index (χ0n) is 15.2. The van der Waals surface area contributed by atoms with Crippen molar-refractivity contribution in [1.29, 1.82) is 0 Å². The highest BCUT2D eigenvalue weighted by Crippen LogP contribution is 2.16. The number of carbonyl (C=O) groups excluding carboxylic acids is 3. The molecule has 1 heterocycles. The van der Waals surface area contributed by atoms with Gasteiger partial charge in [0.15, 0.2) is 0 Å². The number of anilines is 2. The minimum atomic E-state index is -0.388. The summed E-state index contributed by atoms with van der Waals surface area (Å²) in [5, 5.41) is 7.99. The van der Waals surface area contributed by atoms with Gasteiger partial charge in [-0.25, -0.2) is 0 Å². The lowest BCUT2D eigenvalue weighted by molar-refractivity contribution is -0.115. The molecule has 2 aromatic carbocycles. The second-order valence-electron chi connectivity index (χ2n) is 6.02. The van der Waals surface area contributed by atoms with Crippen molar-refractivity contribution < 1.29 is 18.8 Å². The van der Waals surface area contributed by atoms with Crippen LogP contribution < -0.4 is 16.0 Å². The largest absolute Gasteiger partial charge is 0.469 e. The van der Waals surface area contributed by atoms with Crippen LogP contribution in [-0.2, 0) is 4.79 Å². The van der Waals surface area contributed by atoms with Crippen LogP contribution in [0, 0.1) is 6.92 Å². The van der Waals surface area contributed by atoms with Gasteiger partial charge in [0, 0.05) is 16.9 Å². The summed E-state index contributed by atoms with van der Waals surface area (Å²) in [6.07, 6.45) is 1.42. The number of rotatable bonds is 6. The maximum atomic E-state index is 12.2. The summed E-state index contributed by atoms with van der Waals surface area (Å²) >= 11 is 0. The Morgan fingerprint density at radius 2 is 1.57 bits per heavy atom. The molecule has 28 heavy (non-hydrogen) atoms. The monoisotopic (exact) mass is 377 g/mol. The molecule has 0 bridgehead atoms. The molecular formula is C21H19N3O4. The van der Waals surface area contributed by atoms with Crippen molar-refractivity contribution in [3.63, 3.8) is 0 Å². The molecule has 0 fully saturated rings. The quantitative estimate of drug-likeness (QED) is 0.614. The van der Waals surface area contributed by atoms with Crippen LogP contribution in [0.2, 0.25) is 0 Å². The Bertz CT molecular complexity index is 996. The van der Waals surface area contributed by atoms with E-state index in [2.05, 4.69) is 16.0 Å². The second kappa shape index (κ2) is 8.68. The first-order valence-electron chi connectivity index (χ1n) is 8.61. The van der Waals surface area contributed by atoms with Crippen molar-refractivity contribution in [3.05, 3.63) is 83.8 Å². The minimum absolute atomic E-state index is 0.190. The fourth-order valence-electron chi connectivity index (χ4n) is 2.55. The van der Waals surface area contributed by atoms with Gasteiger partial charge in [-0.3, -0.25) is 14.4 Å². The van der Waals surface area contributed by atoms with Gasteiger partial charge in [0.2, 0.25) is 5.91 Å². The molecule has 1 aromatic heterocycles. The van der Waals surface area contributed by atoms with Crippen LogP contribution in [0.4, 0.5) is 11.4 Å². The lowest BCUT2D eigenvalue weighted by Gasteiger charge is -2.09. The number of nitrogens with one attached hydrogen (secondary N) is 3. The first kappa shape index (κ1) is 18.9. The van der Waals surface area contributed by atoms with E-state index < -0.39 is 0 Å².